The molecule has 1 aromatic carbocycles. The molecule has 2 aliphatic rings. The quantitative estimate of drug-likeness (QED) is 0.0331. The Morgan fingerprint density at radius 1 is 0.871 bits per heavy atom. The van der Waals surface area contributed by atoms with E-state index < -0.39 is 64.8 Å². The van der Waals surface area contributed by atoms with Gasteiger partial charge in [-0.15, -0.1) is 15.4 Å². The average Bonchev–Trinajstić information content (AvgIpc) is 3.94. The van der Waals surface area contributed by atoms with Crippen LogP contribution in [0.5, 0.6) is 0 Å². The lowest BCUT2D eigenvalue weighted by molar-refractivity contribution is -0.383. The van der Waals surface area contributed by atoms with Gasteiger partial charge in [0.05, 0.1) is 35.6 Å². The summed E-state index contributed by atoms with van der Waals surface area (Å²) in [6.07, 6.45) is 8.90. The predicted octanol–water partition coefficient (Wildman–Crippen LogP) is 6.12. The first-order chi connectivity index (χ1) is 29.6. The molecule has 3 aromatic rings. The number of anilines is 1. The molecule has 0 bridgehead atoms. The van der Waals surface area contributed by atoms with E-state index in [0.717, 1.165) is 85.0 Å². The first-order valence-corrected chi connectivity index (χ1v) is 21.6. The van der Waals surface area contributed by atoms with Crippen LogP contribution in [0.1, 0.15) is 131 Å². The lowest BCUT2D eigenvalue weighted by Gasteiger charge is -2.44. The summed E-state index contributed by atoms with van der Waals surface area (Å²) >= 11 is 0. The molecule has 62 heavy (non-hydrogen) atoms. The lowest BCUT2D eigenvalue weighted by atomic mass is 9.96. The third-order valence-electron chi connectivity index (χ3n) is 11.0. The zero-order chi connectivity index (χ0) is 44.9. The molecule has 0 amide bonds. The molecule has 1 N–H and O–H groups in total. The molecule has 21 nitrogen and oxygen atoms in total. The summed E-state index contributed by atoms with van der Waals surface area (Å²) in [6.45, 7) is 10.4. The Morgan fingerprint density at radius 2 is 1.48 bits per heavy atom. The summed E-state index contributed by atoms with van der Waals surface area (Å²) in [5, 5.41) is 44.6. The molecule has 1 unspecified atom stereocenters. The molecule has 1 radical (unpaired) electrons. The van der Waals surface area contributed by atoms with Gasteiger partial charge in [0.2, 0.25) is 5.52 Å². The molecule has 0 saturated carbocycles. The molecule has 2 aliphatic heterocycles. The van der Waals surface area contributed by atoms with Crippen LogP contribution in [-0.4, -0.2) is 108 Å². The van der Waals surface area contributed by atoms with Crippen LogP contribution in [-0.2, 0) is 61.2 Å². The molecule has 2 fully saturated rings. The summed E-state index contributed by atoms with van der Waals surface area (Å²) in [5.41, 5.74) is -0.711. The number of unbranched alkanes of at least 4 members (excludes halogenated alkanes) is 9. The molecule has 0 aliphatic carbocycles. The largest absolute Gasteiger partial charge is 0.456 e. The number of nitrogens with one attached hydrogen (secondary N) is 1. The van der Waals surface area contributed by atoms with Gasteiger partial charge in [-0.05, 0) is 55.9 Å². The summed E-state index contributed by atoms with van der Waals surface area (Å²) in [4.78, 5) is 47.8. The van der Waals surface area contributed by atoms with Crippen molar-refractivity contribution in [3.05, 3.63) is 34.1 Å². The van der Waals surface area contributed by atoms with E-state index in [1.165, 1.54) is 36.5 Å². The van der Waals surface area contributed by atoms with E-state index >= 15 is 0 Å². The van der Waals surface area contributed by atoms with E-state index in [4.69, 9.17) is 33.1 Å². The number of aromatic nitrogens is 5. The van der Waals surface area contributed by atoms with E-state index in [0.29, 0.717) is 18.8 Å². The molecule has 5 rings (SSSR count). The van der Waals surface area contributed by atoms with Crippen molar-refractivity contribution in [2.75, 3.05) is 18.5 Å². The fraction of sp³-hybridized carbons (Fsp3) is 0.732. The third-order valence-corrected chi connectivity index (χ3v) is 11.0. The highest BCUT2D eigenvalue weighted by atomic mass is 16.7. The number of aryl methyl sites for hydroxylation is 1. The Bertz CT molecular complexity index is 1940. The van der Waals surface area contributed by atoms with Crippen molar-refractivity contribution in [1.29, 1.82) is 0 Å². The molecule has 6 atom stereocenters. The van der Waals surface area contributed by atoms with Crippen molar-refractivity contribution >= 4 is 40.3 Å². The van der Waals surface area contributed by atoms with Crippen LogP contribution in [0.2, 0.25) is 0 Å². The van der Waals surface area contributed by atoms with E-state index in [9.17, 15) is 29.7 Å². The van der Waals surface area contributed by atoms with Crippen LogP contribution < -0.4 is 5.32 Å². The van der Waals surface area contributed by atoms with Crippen molar-refractivity contribution in [3.8, 4) is 0 Å². The smallest absolute Gasteiger partial charge is 0.303 e. The first kappa shape index (κ1) is 48.2. The van der Waals surface area contributed by atoms with Crippen molar-refractivity contribution in [3.63, 3.8) is 0 Å². The van der Waals surface area contributed by atoms with Gasteiger partial charge in [0.1, 0.15) is 17.5 Å². The monoisotopic (exact) mass is 873 g/mol. The maximum atomic E-state index is 12.9. The highest BCUT2D eigenvalue weighted by molar-refractivity contribution is 5.93. The molecule has 2 saturated heterocycles. The molecule has 343 valence electrons. The molecular formula is C41H61N8O13. The topological polar surface area (TPSA) is 255 Å². The van der Waals surface area contributed by atoms with Crippen molar-refractivity contribution < 1.29 is 57.6 Å². The second kappa shape index (κ2) is 22.5. The minimum Gasteiger partial charge on any atom is -0.456 e. The maximum Gasteiger partial charge on any atom is 0.303 e. The van der Waals surface area contributed by atoms with Gasteiger partial charge in [0.15, 0.2) is 30.1 Å². The highest BCUT2D eigenvalue weighted by Crippen LogP contribution is 2.40. The van der Waals surface area contributed by atoms with E-state index in [1.807, 2.05) is 13.8 Å². The lowest BCUT2D eigenvalue weighted by Crippen LogP contribution is -2.63. The highest BCUT2D eigenvalue weighted by Gasteiger charge is 2.53. The van der Waals surface area contributed by atoms with Gasteiger partial charge in [0.25, 0.3) is 0 Å². The second-order valence-electron chi connectivity index (χ2n) is 16.7. The number of rotatable bonds is 25. The Balaban J connectivity index is 1.08. The van der Waals surface area contributed by atoms with Gasteiger partial charge in [0, 0.05) is 39.9 Å². The van der Waals surface area contributed by atoms with Crippen molar-refractivity contribution in [1.82, 2.24) is 30.4 Å². The van der Waals surface area contributed by atoms with Gasteiger partial charge in [-0.25, -0.2) is 4.63 Å². The molecule has 4 heterocycles. The fourth-order valence-electron chi connectivity index (χ4n) is 8.12. The Kier molecular flexibility index (Phi) is 17.5. The summed E-state index contributed by atoms with van der Waals surface area (Å²) < 4.78 is 41.6. The zero-order valence-electron chi connectivity index (χ0n) is 36.6. The maximum absolute atomic E-state index is 12.9. The number of non-ortho nitro benzene ring substituents is 1. The zero-order valence-corrected chi connectivity index (χ0v) is 36.6. The number of carbonyl (C=O) groups excluding carboxylic acids is 3. The molecule has 0 spiro atoms. The first-order valence-electron chi connectivity index (χ1n) is 21.6. The third kappa shape index (κ3) is 12.9. The summed E-state index contributed by atoms with van der Waals surface area (Å²) in [5.74, 6) is -2.20. The van der Waals surface area contributed by atoms with Crippen LogP contribution in [0.15, 0.2) is 23.0 Å². The number of hydroxylamine groups is 2. The van der Waals surface area contributed by atoms with E-state index in [-0.39, 0.29) is 35.6 Å². The molecular weight excluding hydrogens is 812 g/mol. The SMILES string of the molecule is CCCC1(CCCCCCCCCCCCn2cc(CO[C@@H]3O[C@H](CNc4ccc([N+](=O)[O-])c5nonc45)[C@H](OC(C)=O)[C@H](OC(C)=O)[C@H]3OC(C)=O)nn2)OCC(C)(C)N1[O]. The van der Waals surface area contributed by atoms with Crippen LogP contribution in [0, 0.1) is 10.1 Å². The van der Waals surface area contributed by atoms with E-state index in [1.54, 1.807) is 10.9 Å². The second-order valence-corrected chi connectivity index (χ2v) is 16.7. The van der Waals surface area contributed by atoms with Gasteiger partial charge < -0.3 is 33.7 Å². The van der Waals surface area contributed by atoms with Crippen LogP contribution >= 0.6 is 0 Å². The van der Waals surface area contributed by atoms with Gasteiger partial charge in [-0.1, -0.05) is 69.9 Å². The Labute approximate surface area is 360 Å². The minimum atomic E-state index is -1.35. The Morgan fingerprint density at radius 3 is 2.10 bits per heavy atom. The van der Waals surface area contributed by atoms with Crippen LogP contribution in [0.4, 0.5) is 11.4 Å². The van der Waals surface area contributed by atoms with Gasteiger partial charge in [-0.2, -0.15) is 0 Å². The number of hydrogen-bond donors (Lipinski definition) is 1. The Hall–Kier alpha value is -4.83. The number of nitro benzene ring substituents is 1. The number of carbonyl (C=O) groups is 3. The van der Waals surface area contributed by atoms with Gasteiger partial charge in [-0.3, -0.25) is 29.2 Å². The van der Waals surface area contributed by atoms with Crippen molar-refractivity contribution in [2.45, 2.75) is 180 Å². The summed E-state index contributed by atoms with van der Waals surface area (Å²) in [7, 11) is 0. The number of nitro groups is 1. The summed E-state index contributed by atoms with van der Waals surface area (Å²) in [6, 6.07) is 2.63. The predicted molar refractivity (Wildman–Crippen MR) is 218 cm³/mol. The number of fused-ring (bicyclic) bond motifs is 1. The van der Waals surface area contributed by atoms with Crippen LogP contribution in [0.25, 0.3) is 11.0 Å². The van der Waals surface area contributed by atoms with Crippen molar-refractivity contribution in [2.24, 2.45) is 0 Å². The number of nitrogens with zero attached hydrogens (tertiary/aromatic N) is 7. The number of ether oxygens (including phenoxy) is 6. The average molecular weight is 874 g/mol. The number of benzene rings is 1. The minimum absolute atomic E-state index is 0.0670. The van der Waals surface area contributed by atoms with E-state index in [2.05, 4.69) is 32.9 Å². The fourth-order valence-corrected chi connectivity index (χ4v) is 8.12. The number of hydrogen-bond acceptors (Lipinski definition) is 18. The molecule has 21 heteroatoms. The molecule has 2 aromatic heterocycles. The normalized spacial score (nSPS) is 23.6. The van der Waals surface area contributed by atoms with Gasteiger partial charge >= 0.3 is 23.6 Å². The van der Waals surface area contributed by atoms with Crippen LogP contribution in [0.3, 0.4) is 0 Å². The standard InChI is InChI=1S/C41H61N8O13/c1-7-20-41(49(55)40(5,6)26-57-41)21-16-14-12-10-8-9-11-13-15-17-22-47-24-30(43-46-47)25-56-39-38(60-29(4)52)37(59-28(3)51)36(58-27(2)50)33(61-39)23-42-31-18-19-32(48(53)54)35-34(31)44-62-45-35/h18-19,24,33,36-39,42H,7-17,20-23,25-26H2,1-6H3/t33-,36+,37+,38-,39-,41?/m1/s1. The number of esters is 3.